The zero-order chi connectivity index (χ0) is 23.5. The van der Waals surface area contributed by atoms with E-state index in [-0.39, 0.29) is 12.5 Å². The molecule has 3 heterocycles. The molecule has 0 saturated carbocycles. The summed E-state index contributed by atoms with van der Waals surface area (Å²) in [6.45, 7) is 3.94. The molecule has 2 aliphatic heterocycles. The largest absolute Gasteiger partial charge is 0.497 e. The van der Waals surface area contributed by atoms with Crippen LogP contribution in [0.2, 0.25) is 0 Å². The van der Waals surface area contributed by atoms with Gasteiger partial charge in [-0.15, -0.1) is 0 Å². The zero-order valence-electron chi connectivity index (χ0n) is 18.8. The summed E-state index contributed by atoms with van der Waals surface area (Å²) < 4.78 is 6.88. The van der Waals surface area contributed by atoms with Crippen molar-refractivity contribution in [1.82, 2.24) is 19.3 Å². The second kappa shape index (κ2) is 9.80. The van der Waals surface area contributed by atoms with E-state index >= 15 is 0 Å². The molecule has 0 bridgehead atoms. The number of hydrogen-bond acceptors (Lipinski definition) is 6. The first kappa shape index (κ1) is 23.1. The SMILES string of the molecule is COc1ccc2c(c1)c([C@H](C(=O)O)N1CCN(CC(=O)N3CCCC3)CC1)cn2CC(=O)O. The van der Waals surface area contributed by atoms with E-state index in [0.717, 1.165) is 25.9 Å². The summed E-state index contributed by atoms with van der Waals surface area (Å²) in [5.41, 5.74) is 1.19. The Morgan fingerprint density at radius 1 is 1.00 bits per heavy atom. The lowest BCUT2D eigenvalue weighted by molar-refractivity contribution is -0.145. The number of ether oxygens (including phenoxy) is 1. The van der Waals surface area contributed by atoms with E-state index in [0.29, 0.717) is 54.9 Å². The molecule has 1 aromatic carbocycles. The average Bonchev–Trinajstić information content (AvgIpc) is 3.43. The van der Waals surface area contributed by atoms with E-state index in [1.54, 1.807) is 29.0 Å². The Hall–Kier alpha value is -3.11. The number of carbonyl (C=O) groups is 3. The smallest absolute Gasteiger partial charge is 0.325 e. The quantitative estimate of drug-likeness (QED) is 0.604. The molecule has 0 unspecified atom stereocenters. The number of likely N-dealkylation sites (tertiary alicyclic amines) is 1. The molecule has 2 N–H and O–H groups in total. The summed E-state index contributed by atoms with van der Waals surface area (Å²) in [6.07, 6.45) is 3.74. The standard InChI is InChI=1S/C23H30N4O6/c1-33-16-4-5-19-17(12-16)18(13-27(19)15-21(29)30)22(23(31)32)26-10-8-24(9-11-26)14-20(28)25-6-2-3-7-25/h4-5,12-13,22H,2-3,6-11,14-15H2,1H3,(H,29,30)(H,31,32)/t22-/m1/s1. The molecular weight excluding hydrogens is 428 g/mol. The van der Waals surface area contributed by atoms with Crippen LogP contribution in [0.4, 0.5) is 0 Å². The number of aliphatic carboxylic acids is 2. The van der Waals surface area contributed by atoms with E-state index in [1.807, 2.05) is 9.80 Å². The van der Waals surface area contributed by atoms with Gasteiger partial charge in [-0.3, -0.25) is 24.2 Å². The average molecular weight is 459 g/mol. The minimum Gasteiger partial charge on any atom is -0.497 e. The van der Waals surface area contributed by atoms with Crippen molar-refractivity contribution in [2.24, 2.45) is 0 Å². The summed E-state index contributed by atoms with van der Waals surface area (Å²) in [6, 6.07) is 4.31. The van der Waals surface area contributed by atoms with Gasteiger partial charge in [-0.25, -0.2) is 0 Å². The number of benzene rings is 1. The first-order chi connectivity index (χ1) is 15.9. The molecule has 33 heavy (non-hydrogen) atoms. The molecule has 178 valence electrons. The number of fused-ring (bicyclic) bond motifs is 1. The Morgan fingerprint density at radius 3 is 2.30 bits per heavy atom. The number of methoxy groups -OCH3 is 1. The van der Waals surface area contributed by atoms with Crippen molar-refractivity contribution in [1.29, 1.82) is 0 Å². The second-order valence-electron chi connectivity index (χ2n) is 8.63. The van der Waals surface area contributed by atoms with E-state index < -0.39 is 18.0 Å². The predicted octanol–water partition coefficient (Wildman–Crippen LogP) is 1.10. The highest BCUT2D eigenvalue weighted by Gasteiger charge is 2.33. The molecule has 10 heteroatoms. The first-order valence-electron chi connectivity index (χ1n) is 11.2. The minimum atomic E-state index is -1.00. The topological polar surface area (TPSA) is 116 Å². The number of rotatable bonds is 8. The van der Waals surface area contributed by atoms with E-state index in [2.05, 4.69) is 4.90 Å². The van der Waals surface area contributed by atoms with Gasteiger partial charge in [-0.2, -0.15) is 0 Å². The molecule has 1 amide bonds. The van der Waals surface area contributed by atoms with Crippen molar-refractivity contribution in [2.75, 3.05) is 52.9 Å². The molecular formula is C23H30N4O6. The molecule has 1 atom stereocenters. The van der Waals surface area contributed by atoms with Crippen molar-refractivity contribution >= 4 is 28.7 Å². The van der Waals surface area contributed by atoms with Crippen LogP contribution in [0.15, 0.2) is 24.4 Å². The third kappa shape index (κ3) is 4.96. The van der Waals surface area contributed by atoms with Crippen LogP contribution in [-0.4, -0.2) is 100 Å². The van der Waals surface area contributed by atoms with Crippen LogP contribution in [0.5, 0.6) is 5.75 Å². The predicted molar refractivity (Wildman–Crippen MR) is 120 cm³/mol. The fourth-order valence-corrected chi connectivity index (χ4v) is 4.85. The van der Waals surface area contributed by atoms with Gasteiger partial charge in [0.25, 0.3) is 0 Å². The van der Waals surface area contributed by atoms with Crippen molar-refractivity contribution in [3.05, 3.63) is 30.0 Å². The Labute approximate surface area is 191 Å². The Bertz CT molecular complexity index is 1040. The molecule has 2 aromatic rings. The van der Waals surface area contributed by atoms with Crippen molar-refractivity contribution in [3.8, 4) is 5.75 Å². The zero-order valence-corrected chi connectivity index (χ0v) is 18.8. The third-order valence-corrected chi connectivity index (χ3v) is 6.54. The van der Waals surface area contributed by atoms with Gasteiger partial charge in [0.1, 0.15) is 18.3 Å². The number of carboxylic acid groups (broad SMARTS) is 2. The molecule has 2 saturated heterocycles. The lowest BCUT2D eigenvalue weighted by Crippen LogP contribution is -2.51. The van der Waals surface area contributed by atoms with Gasteiger partial charge in [0.15, 0.2) is 0 Å². The van der Waals surface area contributed by atoms with Crippen LogP contribution in [0.3, 0.4) is 0 Å². The summed E-state index contributed by atoms with van der Waals surface area (Å²) in [4.78, 5) is 42.1. The summed E-state index contributed by atoms with van der Waals surface area (Å²) in [5.74, 6) is -1.28. The highest BCUT2D eigenvalue weighted by atomic mass is 16.5. The lowest BCUT2D eigenvalue weighted by Gasteiger charge is -2.37. The molecule has 2 aliphatic rings. The van der Waals surface area contributed by atoms with Crippen LogP contribution < -0.4 is 4.74 Å². The number of carbonyl (C=O) groups excluding carboxylic acids is 1. The summed E-state index contributed by atoms with van der Waals surface area (Å²) in [7, 11) is 1.53. The highest BCUT2D eigenvalue weighted by molar-refractivity contribution is 5.91. The van der Waals surface area contributed by atoms with Gasteiger partial charge < -0.3 is 24.4 Å². The maximum absolute atomic E-state index is 12.5. The summed E-state index contributed by atoms with van der Waals surface area (Å²) in [5, 5.41) is 20.1. The number of hydrogen-bond donors (Lipinski definition) is 2. The number of carboxylic acids is 2. The van der Waals surface area contributed by atoms with Crippen LogP contribution in [0.25, 0.3) is 10.9 Å². The number of aromatic nitrogens is 1. The molecule has 0 radical (unpaired) electrons. The molecule has 0 spiro atoms. The van der Waals surface area contributed by atoms with Gasteiger partial charge in [0.05, 0.1) is 13.7 Å². The van der Waals surface area contributed by atoms with E-state index in [1.165, 1.54) is 7.11 Å². The van der Waals surface area contributed by atoms with Gasteiger partial charge in [-0.05, 0) is 31.0 Å². The van der Waals surface area contributed by atoms with Crippen molar-refractivity contribution in [3.63, 3.8) is 0 Å². The fraction of sp³-hybridized carbons (Fsp3) is 0.522. The van der Waals surface area contributed by atoms with Crippen molar-refractivity contribution < 1.29 is 29.3 Å². The van der Waals surface area contributed by atoms with E-state index in [4.69, 9.17) is 4.74 Å². The Balaban J connectivity index is 1.54. The summed E-state index contributed by atoms with van der Waals surface area (Å²) >= 11 is 0. The number of amides is 1. The maximum atomic E-state index is 12.5. The van der Waals surface area contributed by atoms with Gasteiger partial charge in [0, 0.05) is 61.9 Å². The number of nitrogens with zero attached hydrogens (tertiary/aromatic N) is 4. The molecule has 10 nitrogen and oxygen atoms in total. The van der Waals surface area contributed by atoms with Crippen LogP contribution in [0.1, 0.15) is 24.4 Å². The van der Waals surface area contributed by atoms with Crippen molar-refractivity contribution in [2.45, 2.75) is 25.4 Å². The van der Waals surface area contributed by atoms with Crippen LogP contribution >= 0.6 is 0 Å². The molecule has 1 aromatic heterocycles. The van der Waals surface area contributed by atoms with Gasteiger partial charge >= 0.3 is 11.9 Å². The highest BCUT2D eigenvalue weighted by Crippen LogP contribution is 2.33. The van der Waals surface area contributed by atoms with Crippen LogP contribution in [-0.2, 0) is 20.9 Å². The Kier molecular flexibility index (Phi) is 6.85. The fourth-order valence-electron chi connectivity index (χ4n) is 4.85. The molecule has 2 fully saturated rings. The van der Waals surface area contributed by atoms with Crippen LogP contribution in [0, 0.1) is 0 Å². The molecule has 4 rings (SSSR count). The minimum absolute atomic E-state index is 0.138. The monoisotopic (exact) mass is 458 g/mol. The number of piperazine rings is 1. The van der Waals surface area contributed by atoms with E-state index in [9.17, 15) is 24.6 Å². The lowest BCUT2D eigenvalue weighted by atomic mass is 10.0. The van der Waals surface area contributed by atoms with Gasteiger partial charge in [0.2, 0.25) is 5.91 Å². The van der Waals surface area contributed by atoms with Gasteiger partial charge in [-0.1, -0.05) is 0 Å². The first-order valence-corrected chi connectivity index (χ1v) is 11.2. The molecule has 0 aliphatic carbocycles. The second-order valence-corrected chi connectivity index (χ2v) is 8.63. The normalized spacial score (nSPS) is 18.5. The third-order valence-electron chi connectivity index (χ3n) is 6.54. The Morgan fingerprint density at radius 2 is 1.70 bits per heavy atom. The maximum Gasteiger partial charge on any atom is 0.325 e.